The van der Waals surface area contributed by atoms with Crippen molar-refractivity contribution in [2.45, 2.75) is 26.4 Å². The number of nitrogens with zero attached hydrogens (tertiary/aromatic N) is 4. The van der Waals surface area contributed by atoms with Crippen LogP contribution in [0.25, 0.3) is 11.0 Å². The molecule has 0 bridgehead atoms. The molecular formula is C23H26N4O3. The molecule has 1 unspecified atom stereocenters. The Bertz CT molecular complexity index is 1230. The van der Waals surface area contributed by atoms with Gasteiger partial charge in [0.1, 0.15) is 6.54 Å². The number of carbonyl (C=O) groups is 1. The lowest BCUT2D eigenvalue weighted by Crippen LogP contribution is -2.55. The van der Waals surface area contributed by atoms with Crippen molar-refractivity contribution in [1.82, 2.24) is 14.0 Å². The third kappa shape index (κ3) is 3.51. The topological polar surface area (TPSA) is 67.5 Å². The summed E-state index contributed by atoms with van der Waals surface area (Å²) in [5.41, 5.74) is 2.28. The maximum Gasteiger partial charge on any atom is 0.317 e. The molecule has 0 aliphatic carbocycles. The van der Waals surface area contributed by atoms with Crippen molar-refractivity contribution in [3.05, 3.63) is 74.8 Å². The molecule has 2 aromatic carbocycles. The summed E-state index contributed by atoms with van der Waals surface area (Å²) in [7, 11) is 1.57. The fourth-order valence-corrected chi connectivity index (χ4v) is 4.22. The van der Waals surface area contributed by atoms with E-state index >= 15 is 0 Å². The Labute approximate surface area is 174 Å². The number of carbonyl (C=O) groups excluding carboxylic acids is 1. The van der Waals surface area contributed by atoms with Gasteiger partial charge in [-0.05, 0) is 43.7 Å². The molecule has 1 fully saturated rings. The second-order valence-corrected chi connectivity index (χ2v) is 7.97. The van der Waals surface area contributed by atoms with Gasteiger partial charge in [0.05, 0.1) is 11.0 Å². The van der Waals surface area contributed by atoms with Crippen LogP contribution < -0.4 is 16.0 Å². The van der Waals surface area contributed by atoms with E-state index in [0.717, 1.165) is 12.2 Å². The summed E-state index contributed by atoms with van der Waals surface area (Å²) in [6.07, 6.45) is 0. The summed E-state index contributed by atoms with van der Waals surface area (Å²) in [6.45, 7) is 5.91. The molecule has 0 N–H and O–H groups in total. The SMILES string of the molecule is Cc1cccc(N2CCN(C(=O)Cn3c(=O)c(=O)n(C)c4ccccc43)CC2C)c1. The molecule has 1 aromatic heterocycles. The van der Waals surface area contributed by atoms with E-state index in [2.05, 4.69) is 36.9 Å². The number of rotatable bonds is 3. The Kier molecular flexibility index (Phi) is 5.20. The van der Waals surface area contributed by atoms with Gasteiger partial charge in [-0.25, -0.2) is 0 Å². The molecule has 1 saturated heterocycles. The summed E-state index contributed by atoms with van der Waals surface area (Å²) in [5, 5.41) is 0. The van der Waals surface area contributed by atoms with E-state index in [1.54, 1.807) is 30.1 Å². The minimum atomic E-state index is -0.670. The molecule has 0 spiro atoms. The van der Waals surface area contributed by atoms with Crippen LogP contribution in [0, 0.1) is 6.92 Å². The largest absolute Gasteiger partial charge is 0.365 e. The van der Waals surface area contributed by atoms with Gasteiger partial charge in [-0.3, -0.25) is 19.0 Å². The lowest BCUT2D eigenvalue weighted by molar-refractivity contribution is -0.132. The molecule has 1 atom stereocenters. The number of piperazine rings is 1. The molecule has 1 aliphatic rings. The maximum absolute atomic E-state index is 13.0. The van der Waals surface area contributed by atoms with Gasteiger partial charge in [-0.1, -0.05) is 24.3 Å². The molecule has 156 valence electrons. The van der Waals surface area contributed by atoms with Crippen LogP contribution >= 0.6 is 0 Å². The first-order valence-electron chi connectivity index (χ1n) is 10.2. The van der Waals surface area contributed by atoms with Gasteiger partial charge in [-0.2, -0.15) is 0 Å². The zero-order valence-electron chi connectivity index (χ0n) is 17.5. The highest BCUT2D eigenvalue weighted by atomic mass is 16.2. The summed E-state index contributed by atoms with van der Waals surface area (Å²) in [4.78, 5) is 42.1. The number of para-hydroxylation sites is 2. The average Bonchev–Trinajstić information content (AvgIpc) is 2.75. The zero-order chi connectivity index (χ0) is 21.4. The second-order valence-electron chi connectivity index (χ2n) is 7.97. The standard InChI is InChI=1S/C23H26N4O3/c1-16-7-6-8-18(13-16)26-12-11-25(14-17(26)2)21(28)15-27-20-10-5-4-9-19(20)24(3)22(29)23(27)30/h4-10,13,17H,11-12,14-15H2,1-3H3. The minimum absolute atomic E-state index is 0.132. The number of aryl methyl sites for hydroxylation is 2. The number of fused-ring (bicyclic) bond motifs is 1. The molecule has 0 radical (unpaired) electrons. The Morgan fingerprint density at radius 3 is 2.43 bits per heavy atom. The van der Waals surface area contributed by atoms with Crippen LogP contribution in [0.5, 0.6) is 0 Å². The van der Waals surface area contributed by atoms with Crippen molar-refractivity contribution in [2.75, 3.05) is 24.5 Å². The molecule has 1 amide bonds. The van der Waals surface area contributed by atoms with Gasteiger partial charge in [0.2, 0.25) is 5.91 Å². The van der Waals surface area contributed by atoms with Crippen molar-refractivity contribution in [3.63, 3.8) is 0 Å². The fourth-order valence-electron chi connectivity index (χ4n) is 4.22. The van der Waals surface area contributed by atoms with Crippen LogP contribution in [0.2, 0.25) is 0 Å². The average molecular weight is 406 g/mol. The Morgan fingerprint density at radius 1 is 1.00 bits per heavy atom. The van der Waals surface area contributed by atoms with E-state index in [0.29, 0.717) is 24.1 Å². The van der Waals surface area contributed by atoms with E-state index in [4.69, 9.17) is 0 Å². The second kappa shape index (κ2) is 7.82. The van der Waals surface area contributed by atoms with Crippen molar-refractivity contribution in [2.24, 2.45) is 7.05 Å². The van der Waals surface area contributed by atoms with Gasteiger partial charge in [-0.15, -0.1) is 0 Å². The molecule has 3 aromatic rings. The minimum Gasteiger partial charge on any atom is -0.365 e. The monoisotopic (exact) mass is 406 g/mol. The van der Waals surface area contributed by atoms with Crippen molar-refractivity contribution in [1.29, 1.82) is 0 Å². The summed E-state index contributed by atoms with van der Waals surface area (Å²) < 4.78 is 2.64. The van der Waals surface area contributed by atoms with Crippen LogP contribution in [0.15, 0.2) is 58.1 Å². The van der Waals surface area contributed by atoms with Crippen LogP contribution in [-0.2, 0) is 18.4 Å². The van der Waals surface area contributed by atoms with Crippen LogP contribution in [-0.4, -0.2) is 45.6 Å². The number of hydrogen-bond acceptors (Lipinski definition) is 4. The highest BCUT2D eigenvalue weighted by Crippen LogP contribution is 2.22. The molecule has 2 heterocycles. The highest BCUT2D eigenvalue weighted by molar-refractivity contribution is 5.80. The smallest absolute Gasteiger partial charge is 0.317 e. The summed E-state index contributed by atoms with van der Waals surface area (Å²) >= 11 is 0. The van der Waals surface area contributed by atoms with Crippen molar-refractivity contribution >= 4 is 22.6 Å². The first-order valence-corrected chi connectivity index (χ1v) is 10.2. The molecule has 7 heteroatoms. The first-order chi connectivity index (χ1) is 14.4. The highest BCUT2D eigenvalue weighted by Gasteiger charge is 2.27. The molecule has 0 saturated carbocycles. The number of amides is 1. The van der Waals surface area contributed by atoms with Gasteiger partial charge in [0.15, 0.2) is 0 Å². The van der Waals surface area contributed by atoms with Gasteiger partial charge >= 0.3 is 11.1 Å². The third-order valence-electron chi connectivity index (χ3n) is 5.87. The van der Waals surface area contributed by atoms with Gasteiger partial charge in [0.25, 0.3) is 0 Å². The molecule has 4 rings (SSSR count). The fraction of sp³-hybridized carbons (Fsp3) is 0.348. The van der Waals surface area contributed by atoms with Gasteiger partial charge in [0, 0.05) is 38.4 Å². The van der Waals surface area contributed by atoms with Crippen LogP contribution in [0.1, 0.15) is 12.5 Å². The van der Waals surface area contributed by atoms with E-state index in [1.807, 2.05) is 12.1 Å². The van der Waals surface area contributed by atoms with Crippen molar-refractivity contribution < 1.29 is 4.79 Å². The molecular weight excluding hydrogens is 380 g/mol. The van der Waals surface area contributed by atoms with E-state index in [9.17, 15) is 14.4 Å². The van der Waals surface area contributed by atoms with Gasteiger partial charge < -0.3 is 14.4 Å². The summed E-state index contributed by atoms with van der Waals surface area (Å²) in [5.74, 6) is -0.147. The Hall–Kier alpha value is -3.35. The van der Waals surface area contributed by atoms with E-state index in [1.165, 1.54) is 14.7 Å². The first kappa shape index (κ1) is 19.9. The van der Waals surface area contributed by atoms with Crippen molar-refractivity contribution in [3.8, 4) is 0 Å². The number of hydrogen-bond donors (Lipinski definition) is 0. The predicted molar refractivity (Wildman–Crippen MR) is 118 cm³/mol. The number of anilines is 1. The lowest BCUT2D eigenvalue weighted by atomic mass is 10.1. The quantitative estimate of drug-likeness (QED) is 0.622. The maximum atomic E-state index is 13.0. The predicted octanol–water partition coefficient (Wildman–Crippen LogP) is 1.75. The molecule has 30 heavy (non-hydrogen) atoms. The molecule has 1 aliphatic heterocycles. The normalized spacial score (nSPS) is 16.8. The van der Waals surface area contributed by atoms with E-state index in [-0.39, 0.29) is 18.5 Å². The number of aromatic nitrogens is 2. The van der Waals surface area contributed by atoms with Crippen LogP contribution in [0.4, 0.5) is 5.69 Å². The zero-order valence-corrected chi connectivity index (χ0v) is 17.5. The molecule has 7 nitrogen and oxygen atoms in total. The van der Waals surface area contributed by atoms with Crippen LogP contribution in [0.3, 0.4) is 0 Å². The lowest BCUT2D eigenvalue weighted by Gasteiger charge is -2.41. The summed E-state index contributed by atoms with van der Waals surface area (Å²) in [6, 6.07) is 15.7. The Balaban J connectivity index is 1.56. The Morgan fingerprint density at radius 2 is 1.73 bits per heavy atom. The van der Waals surface area contributed by atoms with E-state index < -0.39 is 11.1 Å². The third-order valence-corrected chi connectivity index (χ3v) is 5.87. The number of benzene rings is 2.